The van der Waals surface area contributed by atoms with Gasteiger partial charge >= 0.3 is 18.8 Å². The lowest BCUT2D eigenvalue weighted by Crippen LogP contribution is -2.17. The Kier molecular flexibility index (Phi) is 5.05. The van der Waals surface area contributed by atoms with Gasteiger partial charge < -0.3 is 14.4 Å². The molecule has 6 nitrogen and oxygen atoms in total. The van der Waals surface area contributed by atoms with Crippen molar-refractivity contribution in [1.29, 1.82) is 0 Å². The Balaban J connectivity index is 1.46. The molecule has 146 valence electrons. The number of benzene rings is 2. The third-order valence-corrected chi connectivity index (χ3v) is 5.86. The third kappa shape index (κ3) is 3.99. The van der Waals surface area contributed by atoms with E-state index in [1.807, 2.05) is 54.6 Å². The summed E-state index contributed by atoms with van der Waals surface area (Å²) in [6.07, 6.45) is 12.7. The van der Waals surface area contributed by atoms with Crippen molar-refractivity contribution in [2.75, 3.05) is 0 Å². The van der Waals surface area contributed by atoms with Gasteiger partial charge in [0.25, 0.3) is 0 Å². The van der Waals surface area contributed by atoms with Gasteiger partial charge in [-0.1, -0.05) is 60.7 Å². The number of carbonyl (C=O) groups excluding carboxylic acids is 2. The summed E-state index contributed by atoms with van der Waals surface area (Å²) >= 11 is 0. The lowest BCUT2D eigenvalue weighted by Gasteiger charge is -2.22. The molecular weight excluding hydrogens is 391 g/mol. The molecule has 1 N–H and O–H groups in total. The van der Waals surface area contributed by atoms with Crippen LogP contribution in [0.25, 0.3) is 10.8 Å². The lowest BCUT2D eigenvalue weighted by atomic mass is 9.85. The summed E-state index contributed by atoms with van der Waals surface area (Å²) in [5.74, 6) is 0.301. The number of carbonyl (C=O) groups is 2. The summed E-state index contributed by atoms with van der Waals surface area (Å²) in [5.41, 5.74) is -3.08. The van der Waals surface area contributed by atoms with Crippen LogP contribution >= 0.6 is 7.37 Å². The van der Waals surface area contributed by atoms with E-state index in [2.05, 4.69) is 0 Å². The van der Waals surface area contributed by atoms with Crippen LogP contribution in [0.5, 0.6) is 5.75 Å². The van der Waals surface area contributed by atoms with E-state index in [4.69, 9.17) is 9.47 Å². The van der Waals surface area contributed by atoms with Crippen molar-refractivity contribution < 1.29 is 28.5 Å². The van der Waals surface area contributed by atoms with Crippen LogP contribution in [0.15, 0.2) is 90.8 Å². The first-order valence-electron chi connectivity index (χ1n) is 8.95. The Hall–Kier alpha value is -3.21. The zero-order chi connectivity index (χ0) is 20.4. The molecule has 0 aliphatic heterocycles. The van der Waals surface area contributed by atoms with Gasteiger partial charge in [0.1, 0.15) is 11.5 Å². The van der Waals surface area contributed by atoms with Crippen LogP contribution in [0.4, 0.5) is 9.59 Å². The van der Waals surface area contributed by atoms with Gasteiger partial charge in [0, 0.05) is 11.8 Å². The van der Waals surface area contributed by atoms with Gasteiger partial charge in [0.15, 0.2) is 0 Å². The van der Waals surface area contributed by atoms with Crippen molar-refractivity contribution in [2.24, 2.45) is 11.8 Å². The Morgan fingerprint density at radius 2 is 1.55 bits per heavy atom. The minimum atomic E-state index is -5.03. The molecule has 2 aliphatic rings. The van der Waals surface area contributed by atoms with Gasteiger partial charge in [-0.25, -0.2) is 9.59 Å². The van der Waals surface area contributed by atoms with Gasteiger partial charge in [-0.2, -0.15) is 0 Å². The molecule has 3 unspecified atom stereocenters. The van der Waals surface area contributed by atoms with E-state index in [1.54, 1.807) is 18.2 Å². The van der Waals surface area contributed by atoms with Crippen LogP contribution in [0, 0.1) is 11.8 Å². The molecule has 0 bridgehead atoms. The molecule has 0 aromatic heterocycles. The Bertz CT molecular complexity index is 1160. The Labute approximate surface area is 166 Å². The highest BCUT2D eigenvalue weighted by Crippen LogP contribution is 2.46. The minimum absolute atomic E-state index is 0.0181. The molecule has 29 heavy (non-hydrogen) atoms. The van der Waals surface area contributed by atoms with E-state index >= 15 is 0 Å². The van der Waals surface area contributed by atoms with E-state index in [9.17, 15) is 19.0 Å². The highest BCUT2D eigenvalue weighted by Gasteiger charge is 2.43. The number of fused-ring (bicyclic) bond motifs is 2. The second-order valence-electron chi connectivity index (χ2n) is 6.67. The number of ether oxygens (including phenoxy) is 2. The van der Waals surface area contributed by atoms with E-state index in [0.29, 0.717) is 0 Å². The molecule has 2 aliphatic carbocycles. The first-order valence-corrected chi connectivity index (χ1v) is 10.6. The third-order valence-electron chi connectivity index (χ3n) is 4.69. The summed E-state index contributed by atoms with van der Waals surface area (Å²) in [6.45, 7) is 0. The number of rotatable bonds is 4. The van der Waals surface area contributed by atoms with Crippen LogP contribution < -0.4 is 4.74 Å². The molecule has 0 spiro atoms. The second kappa shape index (κ2) is 7.66. The molecule has 2 aromatic carbocycles. The van der Waals surface area contributed by atoms with Crippen LogP contribution in [-0.2, 0) is 9.30 Å². The zero-order valence-corrected chi connectivity index (χ0v) is 16.1. The summed E-state index contributed by atoms with van der Waals surface area (Å²) in [5, 5.41) is 1.70. The molecule has 0 amide bonds. The molecule has 0 saturated heterocycles. The van der Waals surface area contributed by atoms with Crippen molar-refractivity contribution in [2.45, 2.75) is 0 Å². The highest BCUT2D eigenvalue weighted by atomic mass is 31.2. The number of allylic oxidation sites excluding steroid dienone is 7. The van der Waals surface area contributed by atoms with Gasteiger partial charge in [-0.05, 0) is 35.1 Å². The van der Waals surface area contributed by atoms with Crippen molar-refractivity contribution >= 4 is 29.6 Å². The fourth-order valence-corrected chi connectivity index (χ4v) is 3.76. The average Bonchev–Trinajstić information content (AvgIpc) is 2.73. The van der Waals surface area contributed by atoms with Crippen LogP contribution in [0.3, 0.4) is 0 Å². The van der Waals surface area contributed by atoms with Gasteiger partial charge in [0.05, 0.1) is 0 Å². The van der Waals surface area contributed by atoms with Gasteiger partial charge in [0.2, 0.25) is 0 Å². The maximum absolute atomic E-state index is 12.4. The maximum Gasteiger partial charge on any atom is 0.411 e. The quantitative estimate of drug-likeness (QED) is 0.667. The number of hydrogen-bond acceptors (Lipinski definition) is 5. The van der Waals surface area contributed by atoms with Crippen molar-refractivity contribution in [1.82, 2.24) is 0 Å². The predicted octanol–water partition coefficient (Wildman–Crippen LogP) is 5.56. The first kappa shape index (κ1) is 19.1. The van der Waals surface area contributed by atoms with Gasteiger partial charge in [-0.15, -0.1) is 0 Å². The normalized spacial score (nSPS) is 21.8. The Morgan fingerprint density at radius 1 is 0.862 bits per heavy atom. The molecule has 0 heterocycles. The van der Waals surface area contributed by atoms with Crippen LogP contribution in [0.2, 0.25) is 0 Å². The zero-order valence-electron chi connectivity index (χ0n) is 15.2. The summed E-state index contributed by atoms with van der Waals surface area (Å²) in [6, 6.07) is 12.1. The second-order valence-corrected chi connectivity index (χ2v) is 8.56. The summed E-state index contributed by atoms with van der Waals surface area (Å²) in [4.78, 5) is 34.4. The molecule has 7 heteroatoms. The lowest BCUT2D eigenvalue weighted by molar-refractivity contribution is 0.196. The number of hydrogen-bond donors (Lipinski definition) is 1. The highest BCUT2D eigenvalue weighted by molar-refractivity contribution is 7.89. The van der Waals surface area contributed by atoms with E-state index < -0.39 is 18.8 Å². The Morgan fingerprint density at radius 3 is 2.34 bits per heavy atom. The maximum atomic E-state index is 12.4. The summed E-state index contributed by atoms with van der Waals surface area (Å²) in [7, 11) is -5.03. The first-order chi connectivity index (χ1) is 13.9. The van der Waals surface area contributed by atoms with Gasteiger partial charge in [-0.3, -0.25) is 4.57 Å². The average molecular weight is 408 g/mol. The molecule has 3 atom stereocenters. The van der Waals surface area contributed by atoms with Crippen LogP contribution in [0.1, 0.15) is 0 Å². The largest absolute Gasteiger partial charge is 0.419 e. The molecule has 0 saturated carbocycles. The standard InChI is InChI=1S/C22H17O6P/c23-21(27-19-11-9-15-5-1-3-7-17(15)13-19)29(25,26)22(24)28-20-12-10-16-6-2-4-8-18(16)14-20/h1-15,17H,(H,25,26). The van der Waals surface area contributed by atoms with Crippen LogP contribution in [-0.4, -0.2) is 16.3 Å². The molecular formula is C22H17O6P. The predicted molar refractivity (Wildman–Crippen MR) is 109 cm³/mol. The topological polar surface area (TPSA) is 89.9 Å². The molecule has 2 aromatic rings. The van der Waals surface area contributed by atoms with Crippen molar-refractivity contribution in [3.8, 4) is 5.75 Å². The minimum Gasteiger partial charge on any atom is -0.419 e. The fraction of sp³-hybridized carbons (Fsp3) is 0.0909. The molecule has 4 rings (SSSR count). The monoisotopic (exact) mass is 408 g/mol. The smallest absolute Gasteiger partial charge is 0.411 e. The van der Waals surface area contributed by atoms with Crippen molar-refractivity contribution in [3.63, 3.8) is 0 Å². The van der Waals surface area contributed by atoms with E-state index in [0.717, 1.165) is 10.8 Å². The molecule has 0 fully saturated rings. The fourth-order valence-electron chi connectivity index (χ4n) is 3.15. The van der Waals surface area contributed by atoms with E-state index in [-0.39, 0.29) is 23.3 Å². The summed E-state index contributed by atoms with van der Waals surface area (Å²) < 4.78 is 22.3. The molecule has 0 radical (unpaired) electrons. The van der Waals surface area contributed by atoms with E-state index in [1.165, 1.54) is 12.1 Å². The van der Waals surface area contributed by atoms with Crippen molar-refractivity contribution in [3.05, 3.63) is 90.8 Å². The SMILES string of the molecule is O=C(OC1=CC2C=CC=CC2C=C1)P(=O)(O)C(=O)Oc1ccc2ccccc2c1.